The van der Waals surface area contributed by atoms with Gasteiger partial charge in [0, 0.05) is 11.9 Å². The summed E-state index contributed by atoms with van der Waals surface area (Å²) < 4.78 is 0. The first-order valence-electron chi connectivity index (χ1n) is 9.42. The number of thiazole rings is 1. The average Bonchev–Trinajstić information content (AvgIpc) is 3.12. The fraction of sp³-hybridized carbons (Fsp3) is 0.526. The summed E-state index contributed by atoms with van der Waals surface area (Å²) in [5, 5.41) is 1.23. The van der Waals surface area contributed by atoms with Crippen LogP contribution in [-0.4, -0.2) is 64.4 Å². The molecule has 2 fully saturated rings. The maximum absolute atomic E-state index is 4.70. The van der Waals surface area contributed by atoms with Crippen LogP contribution in [-0.2, 0) is 6.54 Å². The Morgan fingerprint density at radius 1 is 0.960 bits per heavy atom. The molecule has 4 rings (SSSR count). The first-order valence-corrected chi connectivity index (χ1v) is 10.2. The van der Waals surface area contributed by atoms with E-state index in [4.69, 9.17) is 4.98 Å². The third-order valence-corrected chi connectivity index (χ3v) is 6.50. The molecule has 2 N–H and O–H groups in total. The Hall–Kier alpha value is -1.63. The number of nitrogens with zero attached hydrogens (tertiary/aromatic N) is 3. The maximum atomic E-state index is 4.70. The molecule has 2 aliphatic rings. The highest BCUT2D eigenvalue weighted by Gasteiger charge is 2.23. The molecule has 2 saturated heterocycles. The Kier molecular flexibility index (Phi) is 5.20. The quantitative estimate of drug-likeness (QED) is 0.763. The molecule has 0 saturated carbocycles. The monoisotopic (exact) mass is 359 g/mol. The summed E-state index contributed by atoms with van der Waals surface area (Å²) in [4.78, 5) is 14.4. The lowest BCUT2D eigenvalue weighted by molar-refractivity contribution is -0.914. The number of nitrogens with one attached hydrogen (secondary N) is 2. The summed E-state index contributed by atoms with van der Waals surface area (Å²) >= 11 is 1.90. The van der Waals surface area contributed by atoms with Crippen molar-refractivity contribution < 1.29 is 9.80 Å². The van der Waals surface area contributed by atoms with Gasteiger partial charge in [-0.25, -0.2) is 4.98 Å². The van der Waals surface area contributed by atoms with Gasteiger partial charge in [0.2, 0.25) is 0 Å². The van der Waals surface area contributed by atoms with Gasteiger partial charge >= 0.3 is 0 Å². The van der Waals surface area contributed by atoms with E-state index >= 15 is 0 Å². The second-order valence-electron chi connectivity index (χ2n) is 7.30. The number of rotatable bonds is 4. The molecule has 3 heterocycles. The van der Waals surface area contributed by atoms with Gasteiger partial charge in [0.25, 0.3) is 0 Å². The van der Waals surface area contributed by atoms with E-state index in [9.17, 15) is 0 Å². The first kappa shape index (κ1) is 16.8. The molecule has 134 valence electrons. The van der Waals surface area contributed by atoms with Crippen molar-refractivity contribution in [3.8, 4) is 0 Å². The number of anilines is 2. The number of likely N-dealkylation sites (N-methyl/N-ethyl adjacent to an activating group) is 1. The molecule has 0 aliphatic carbocycles. The molecule has 0 bridgehead atoms. The lowest BCUT2D eigenvalue weighted by Gasteiger charge is -2.33. The lowest BCUT2D eigenvalue weighted by Crippen LogP contribution is -3.13. The van der Waals surface area contributed by atoms with Crippen LogP contribution >= 0.6 is 11.3 Å². The predicted octanol–water partition coefficient (Wildman–Crippen LogP) is -0.617. The van der Waals surface area contributed by atoms with E-state index < -0.39 is 0 Å². The van der Waals surface area contributed by atoms with Crippen LogP contribution in [0, 0.1) is 0 Å². The molecule has 2 aromatic rings. The van der Waals surface area contributed by atoms with Crippen molar-refractivity contribution in [2.45, 2.75) is 6.54 Å². The third-order valence-electron chi connectivity index (χ3n) is 5.44. The highest BCUT2D eigenvalue weighted by molar-refractivity contribution is 7.15. The molecule has 25 heavy (non-hydrogen) atoms. The highest BCUT2D eigenvalue weighted by atomic mass is 32.1. The van der Waals surface area contributed by atoms with Gasteiger partial charge in [-0.2, -0.15) is 0 Å². The third kappa shape index (κ3) is 4.14. The molecule has 0 unspecified atom stereocenters. The summed E-state index contributed by atoms with van der Waals surface area (Å²) in [6.07, 6.45) is 2.11. The fourth-order valence-electron chi connectivity index (χ4n) is 3.75. The molecular weight excluding hydrogens is 330 g/mol. The van der Waals surface area contributed by atoms with Crippen LogP contribution in [0.5, 0.6) is 0 Å². The summed E-state index contributed by atoms with van der Waals surface area (Å²) in [6, 6.07) is 10.8. The van der Waals surface area contributed by atoms with E-state index in [0.29, 0.717) is 0 Å². The van der Waals surface area contributed by atoms with E-state index in [1.807, 2.05) is 11.3 Å². The van der Waals surface area contributed by atoms with Crippen LogP contribution in [0.1, 0.15) is 4.88 Å². The van der Waals surface area contributed by atoms with Gasteiger partial charge in [-0.15, -0.1) is 0 Å². The minimum Gasteiger partial charge on any atom is -0.360 e. The average molecular weight is 360 g/mol. The van der Waals surface area contributed by atoms with Crippen LogP contribution in [0.2, 0.25) is 0 Å². The molecular formula is C19H29N5S+2. The Balaban J connectivity index is 1.29. The maximum Gasteiger partial charge on any atom is 0.186 e. The van der Waals surface area contributed by atoms with E-state index in [1.54, 1.807) is 9.80 Å². The van der Waals surface area contributed by atoms with Crippen molar-refractivity contribution in [3.63, 3.8) is 0 Å². The summed E-state index contributed by atoms with van der Waals surface area (Å²) in [6.45, 7) is 10.6. The lowest BCUT2D eigenvalue weighted by atomic mass is 10.2. The smallest absolute Gasteiger partial charge is 0.186 e. The molecule has 0 radical (unpaired) electrons. The number of benzene rings is 1. The van der Waals surface area contributed by atoms with Gasteiger partial charge in [-0.05, 0) is 12.1 Å². The van der Waals surface area contributed by atoms with Crippen molar-refractivity contribution in [2.24, 2.45) is 0 Å². The first-order chi connectivity index (χ1) is 12.3. The second-order valence-corrected chi connectivity index (χ2v) is 8.40. The summed E-state index contributed by atoms with van der Waals surface area (Å²) in [5.74, 6) is 0. The number of aromatic nitrogens is 1. The molecule has 1 aromatic heterocycles. The van der Waals surface area contributed by atoms with Crippen molar-refractivity contribution in [1.82, 2.24) is 4.98 Å². The highest BCUT2D eigenvalue weighted by Crippen LogP contribution is 2.22. The van der Waals surface area contributed by atoms with Crippen LogP contribution < -0.4 is 19.6 Å². The molecule has 6 heteroatoms. The summed E-state index contributed by atoms with van der Waals surface area (Å²) in [7, 11) is 2.28. The summed E-state index contributed by atoms with van der Waals surface area (Å²) in [5.41, 5.74) is 1.36. The van der Waals surface area contributed by atoms with Gasteiger partial charge in [0.15, 0.2) is 5.13 Å². The van der Waals surface area contributed by atoms with Crippen LogP contribution in [0.4, 0.5) is 10.8 Å². The number of para-hydroxylation sites is 1. The number of quaternary nitrogens is 2. The second kappa shape index (κ2) is 7.72. The Labute approximate surface area is 154 Å². The van der Waals surface area contributed by atoms with Crippen molar-refractivity contribution in [2.75, 3.05) is 69.2 Å². The number of hydrogen-bond acceptors (Lipinski definition) is 4. The Morgan fingerprint density at radius 3 is 2.36 bits per heavy atom. The number of piperazine rings is 2. The molecule has 0 spiro atoms. The van der Waals surface area contributed by atoms with Gasteiger partial charge in [0.1, 0.15) is 6.54 Å². The predicted molar refractivity (Wildman–Crippen MR) is 104 cm³/mol. The molecule has 1 aromatic carbocycles. The van der Waals surface area contributed by atoms with Gasteiger partial charge in [-0.3, -0.25) is 0 Å². The van der Waals surface area contributed by atoms with Crippen molar-refractivity contribution >= 4 is 22.2 Å². The van der Waals surface area contributed by atoms with Crippen LogP contribution in [0.3, 0.4) is 0 Å². The normalized spacial score (nSPS) is 20.2. The Morgan fingerprint density at radius 2 is 1.64 bits per heavy atom. The zero-order valence-electron chi connectivity index (χ0n) is 15.1. The zero-order valence-corrected chi connectivity index (χ0v) is 15.9. The number of hydrogen-bond donors (Lipinski definition) is 2. The van der Waals surface area contributed by atoms with Crippen LogP contribution in [0.15, 0.2) is 36.5 Å². The minimum atomic E-state index is 1.12. The van der Waals surface area contributed by atoms with E-state index in [1.165, 1.54) is 41.9 Å². The van der Waals surface area contributed by atoms with Gasteiger partial charge < -0.3 is 19.6 Å². The van der Waals surface area contributed by atoms with Crippen molar-refractivity contribution in [1.29, 1.82) is 0 Å². The largest absolute Gasteiger partial charge is 0.360 e. The topological polar surface area (TPSA) is 28.2 Å². The van der Waals surface area contributed by atoms with Crippen LogP contribution in [0.25, 0.3) is 0 Å². The molecule has 0 amide bonds. The minimum absolute atomic E-state index is 1.12. The molecule has 5 nitrogen and oxygen atoms in total. The van der Waals surface area contributed by atoms with Crippen molar-refractivity contribution in [3.05, 3.63) is 41.4 Å². The standard InChI is InChI=1S/C19H27N5S/c1-21-7-11-24(12-8-21)19-20-15-18(25-19)16-22-9-13-23(14-10-22)17-5-3-2-4-6-17/h2-6,15H,7-14,16H2,1H3/p+2. The van der Waals surface area contributed by atoms with Gasteiger partial charge in [-0.1, -0.05) is 29.5 Å². The zero-order chi connectivity index (χ0) is 17.1. The van der Waals surface area contributed by atoms with E-state index in [0.717, 1.165) is 32.7 Å². The van der Waals surface area contributed by atoms with Gasteiger partial charge in [0.05, 0.1) is 64.3 Å². The SMILES string of the molecule is C[NH+]1CCN(c2ncc(C[NH+]3CCN(c4ccccc4)CC3)s2)CC1. The fourth-order valence-corrected chi connectivity index (χ4v) is 4.78. The van der Waals surface area contributed by atoms with E-state index in [-0.39, 0.29) is 0 Å². The Bertz CT molecular complexity index is 657. The van der Waals surface area contributed by atoms with E-state index in [2.05, 4.69) is 53.4 Å². The molecule has 0 atom stereocenters. The molecule has 2 aliphatic heterocycles.